The summed E-state index contributed by atoms with van der Waals surface area (Å²) in [6, 6.07) is 8.00. The van der Waals surface area contributed by atoms with Crippen molar-refractivity contribution in [1.29, 1.82) is 0 Å². The zero-order valence-corrected chi connectivity index (χ0v) is 16.9. The van der Waals surface area contributed by atoms with E-state index in [4.69, 9.17) is 8.94 Å². The summed E-state index contributed by atoms with van der Waals surface area (Å²) < 4.78 is 23.9. The van der Waals surface area contributed by atoms with Gasteiger partial charge in [-0.2, -0.15) is 0 Å². The minimum Gasteiger partial charge on any atom is -0.444 e. The van der Waals surface area contributed by atoms with E-state index in [1.165, 1.54) is 12.1 Å². The van der Waals surface area contributed by atoms with Crippen molar-refractivity contribution in [1.82, 2.24) is 20.8 Å². The fourth-order valence-corrected chi connectivity index (χ4v) is 2.63. The Kier molecular flexibility index (Phi) is 6.99. The Hall–Kier alpha value is -3.16. The lowest BCUT2D eigenvalue weighted by molar-refractivity contribution is 0.376. The average molecular weight is 399 g/mol. The third kappa shape index (κ3) is 5.91. The molecule has 0 saturated heterocycles. The van der Waals surface area contributed by atoms with Crippen molar-refractivity contribution in [2.24, 2.45) is 4.99 Å². The summed E-state index contributed by atoms with van der Waals surface area (Å²) in [5.74, 6) is 1.94. The highest BCUT2D eigenvalue weighted by Crippen LogP contribution is 2.19. The monoisotopic (exact) mass is 399 g/mol. The normalized spacial score (nSPS) is 11.8. The molecular weight excluding hydrogens is 373 g/mol. The number of nitrogens with one attached hydrogen (secondary N) is 2. The van der Waals surface area contributed by atoms with Gasteiger partial charge in [-0.25, -0.2) is 14.4 Å². The second kappa shape index (κ2) is 9.86. The van der Waals surface area contributed by atoms with Gasteiger partial charge in [-0.05, 0) is 37.1 Å². The largest absolute Gasteiger partial charge is 0.444 e. The highest BCUT2D eigenvalue weighted by Gasteiger charge is 2.09. The molecule has 0 bridgehead atoms. The van der Waals surface area contributed by atoms with Crippen LogP contribution in [0, 0.1) is 5.82 Å². The Balaban J connectivity index is 1.53. The van der Waals surface area contributed by atoms with Crippen LogP contribution in [0.15, 0.2) is 50.5 Å². The van der Waals surface area contributed by atoms with Gasteiger partial charge in [0, 0.05) is 31.1 Å². The van der Waals surface area contributed by atoms with Gasteiger partial charge in [0.05, 0.1) is 11.4 Å². The third-order valence-corrected chi connectivity index (χ3v) is 4.22. The van der Waals surface area contributed by atoms with E-state index in [9.17, 15) is 4.39 Å². The van der Waals surface area contributed by atoms with Crippen molar-refractivity contribution in [2.45, 2.75) is 39.7 Å². The fraction of sp³-hybridized carbons (Fsp3) is 0.381. The second-order valence-electron chi connectivity index (χ2n) is 6.90. The molecule has 0 amide bonds. The molecule has 2 aromatic heterocycles. The minimum absolute atomic E-state index is 0.286. The molecule has 1 aromatic carbocycles. The zero-order valence-electron chi connectivity index (χ0n) is 16.9. The molecule has 3 aromatic rings. The van der Waals surface area contributed by atoms with Crippen molar-refractivity contribution in [3.63, 3.8) is 0 Å². The Labute approximate surface area is 169 Å². The number of halogens is 1. The van der Waals surface area contributed by atoms with E-state index in [0.717, 1.165) is 29.3 Å². The van der Waals surface area contributed by atoms with Crippen molar-refractivity contribution in [3.05, 3.63) is 59.6 Å². The summed E-state index contributed by atoms with van der Waals surface area (Å²) in [5, 5.41) is 10.5. The lowest BCUT2D eigenvalue weighted by Crippen LogP contribution is -2.38. The molecule has 8 heteroatoms. The Morgan fingerprint density at radius 2 is 2.00 bits per heavy atom. The van der Waals surface area contributed by atoms with Crippen molar-refractivity contribution < 1.29 is 13.3 Å². The fourth-order valence-electron chi connectivity index (χ4n) is 2.63. The highest BCUT2D eigenvalue weighted by atomic mass is 19.1. The SMILES string of the molecule is CCNC(=NCc1cc(C(C)C)no1)NCCc1coc(-c2ccc(F)cc2)n1. The molecule has 0 saturated carbocycles. The number of oxazole rings is 1. The van der Waals surface area contributed by atoms with E-state index in [0.29, 0.717) is 37.3 Å². The summed E-state index contributed by atoms with van der Waals surface area (Å²) in [7, 11) is 0. The summed E-state index contributed by atoms with van der Waals surface area (Å²) in [6.45, 7) is 7.94. The van der Waals surface area contributed by atoms with Crippen LogP contribution in [0.4, 0.5) is 4.39 Å². The molecule has 3 rings (SSSR count). The number of aromatic nitrogens is 2. The van der Waals surface area contributed by atoms with Crippen LogP contribution >= 0.6 is 0 Å². The van der Waals surface area contributed by atoms with Crippen LogP contribution in [0.2, 0.25) is 0 Å². The Morgan fingerprint density at radius 1 is 1.21 bits per heavy atom. The lowest BCUT2D eigenvalue weighted by Gasteiger charge is -2.09. The Bertz CT molecular complexity index is 931. The number of guanidine groups is 1. The van der Waals surface area contributed by atoms with E-state index in [1.807, 2.05) is 13.0 Å². The quantitative estimate of drug-likeness (QED) is 0.441. The summed E-state index contributed by atoms with van der Waals surface area (Å²) >= 11 is 0. The number of rotatable bonds is 8. The number of benzene rings is 1. The maximum absolute atomic E-state index is 13.0. The molecule has 0 radical (unpaired) electrons. The van der Waals surface area contributed by atoms with Gasteiger partial charge in [-0.3, -0.25) is 0 Å². The zero-order chi connectivity index (χ0) is 20.6. The number of hydrogen-bond acceptors (Lipinski definition) is 5. The molecule has 0 unspecified atom stereocenters. The number of nitrogens with zero attached hydrogens (tertiary/aromatic N) is 3. The van der Waals surface area contributed by atoms with Crippen LogP contribution in [0.1, 0.15) is 43.8 Å². The first-order valence-corrected chi connectivity index (χ1v) is 9.73. The van der Waals surface area contributed by atoms with Gasteiger partial charge in [0.2, 0.25) is 5.89 Å². The first-order chi connectivity index (χ1) is 14.0. The second-order valence-corrected chi connectivity index (χ2v) is 6.90. The van der Waals surface area contributed by atoms with E-state index < -0.39 is 0 Å². The van der Waals surface area contributed by atoms with E-state index in [-0.39, 0.29) is 5.82 Å². The van der Waals surface area contributed by atoms with Gasteiger partial charge in [-0.15, -0.1) is 0 Å². The van der Waals surface area contributed by atoms with Gasteiger partial charge in [0.25, 0.3) is 0 Å². The maximum atomic E-state index is 13.0. The minimum atomic E-state index is -0.286. The number of hydrogen-bond donors (Lipinski definition) is 2. The summed E-state index contributed by atoms with van der Waals surface area (Å²) in [5.41, 5.74) is 2.48. The topological polar surface area (TPSA) is 88.5 Å². The molecule has 0 atom stereocenters. The van der Waals surface area contributed by atoms with Crippen LogP contribution in [-0.2, 0) is 13.0 Å². The van der Waals surface area contributed by atoms with Crippen LogP contribution in [0.3, 0.4) is 0 Å². The molecule has 0 aliphatic carbocycles. The molecule has 7 nitrogen and oxygen atoms in total. The van der Waals surface area contributed by atoms with E-state index in [1.54, 1.807) is 18.4 Å². The van der Waals surface area contributed by atoms with Gasteiger partial charge >= 0.3 is 0 Å². The first-order valence-electron chi connectivity index (χ1n) is 9.73. The molecular formula is C21H26FN5O2. The first kappa shape index (κ1) is 20.6. The van der Waals surface area contributed by atoms with Crippen molar-refractivity contribution in [2.75, 3.05) is 13.1 Å². The summed E-state index contributed by atoms with van der Waals surface area (Å²) in [6.07, 6.45) is 2.28. The van der Waals surface area contributed by atoms with E-state index >= 15 is 0 Å². The van der Waals surface area contributed by atoms with Crippen LogP contribution in [0.25, 0.3) is 11.5 Å². The van der Waals surface area contributed by atoms with Crippen LogP contribution in [-0.4, -0.2) is 29.2 Å². The molecule has 0 spiro atoms. The molecule has 154 valence electrons. The molecule has 29 heavy (non-hydrogen) atoms. The molecule has 2 heterocycles. The van der Waals surface area contributed by atoms with Gasteiger partial charge in [0.15, 0.2) is 11.7 Å². The maximum Gasteiger partial charge on any atom is 0.226 e. The molecule has 0 fully saturated rings. The van der Waals surface area contributed by atoms with Crippen LogP contribution in [0.5, 0.6) is 0 Å². The third-order valence-electron chi connectivity index (χ3n) is 4.22. The predicted molar refractivity (Wildman–Crippen MR) is 109 cm³/mol. The molecule has 0 aliphatic rings. The molecule has 0 aliphatic heterocycles. The number of aliphatic imine (C=N–C) groups is 1. The molecule has 2 N–H and O–H groups in total. The predicted octanol–water partition coefficient (Wildman–Crippen LogP) is 3.89. The average Bonchev–Trinajstić information content (AvgIpc) is 3.36. The standard InChI is InChI=1S/C21H26FN5O2/c1-4-23-21(25-12-18-11-19(14(2)3)27-29-18)24-10-9-17-13-28-20(26-17)15-5-7-16(22)8-6-15/h5-8,11,13-14H,4,9-10,12H2,1-3H3,(H2,23,24,25). The van der Waals surface area contributed by atoms with E-state index in [2.05, 4.69) is 39.6 Å². The van der Waals surface area contributed by atoms with Gasteiger partial charge in [0.1, 0.15) is 18.6 Å². The van der Waals surface area contributed by atoms with Gasteiger partial charge in [-0.1, -0.05) is 19.0 Å². The van der Waals surface area contributed by atoms with Crippen LogP contribution < -0.4 is 10.6 Å². The lowest BCUT2D eigenvalue weighted by atomic mass is 10.1. The van der Waals surface area contributed by atoms with Crippen molar-refractivity contribution in [3.8, 4) is 11.5 Å². The Morgan fingerprint density at radius 3 is 2.69 bits per heavy atom. The van der Waals surface area contributed by atoms with Crippen molar-refractivity contribution >= 4 is 5.96 Å². The van der Waals surface area contributed by atoms with Gasteiger partial charge < -0.3 is 19.6 Å². The highest BCUT2D eigenvalue weighted by molar-refractivity contribution is 5.79. The summed E-state index contributed by atoms with van der Waals surface area (Å²) in [4.78, 5) is 8.98. The smallest absolute Gasteiger partial charge is 0.226 e.